The van der Waals surface area contributed by atoms with Gasteiger partial charge >= 0.3 is 0 Å². The highest BCUT2D eigenvalue weighted by Crippen LogP contribution is 2.41. The second-order valence-electron chi connectivity index (χ2n) is 12.1. The summed E-state index contributed by atoms with van der Waals surface area (Å²) in [6.45, 7) is 4.52. The van der Waals surface area contributed by atoms with Gasteiger partial charge in [-0.25, -0.2) is 0 Å². The highest BCUT2D eigenvalue weighted by molar-refractivity contribution is 6.03. The van der Waals surface area contributed by atoms with Gasteiger partial charge in [-0.2, -0.15) is 0 Å². The zero-order chi connectivity index (χ0) is 37.5. The number of allylic oxidation sites excluding steroid dienone is 1. The van der Waals surface area contributed by atoms with Crippen LogP contribution in [0.1, 0.15) is 58.6 Å². The summed E-state index contributed by atoms with van der Waals surface area (Å²) in [6.07, 6.45) is 0.890. The third kappa shape index (κ3) is 7.98. The molecule has 6 rings (SSSR count). The van der Waals surface area contributed by atoms with E-state index in [1.807, 2.05) is 60.7 Å². The molecule has 0 saturated carbocycles. The maximum atomic E-state index is 12.8. The highest BCUT2D eigenvalue weighted by Gasteiger charge is 2.28. The van der Waals surface area contributed by atoms with E-state index in [1.54, 1.807) is 48.7 Å². The third-order valence-electron chi connectivity index (χ3n) is 8.91. The molecule has 0 aromatic heterocycles. The van der Waals surface area contributed by atoms with Crippen LogP contribution in [-0.4, -0.2) is 60.9 Å². The first-order chi connectivity index (χ1) is 25.8. The van der Waals surface area contributed by atoms with Gasteiger partial charge in [0.05, 0.1) is 66.3 Å². The molecule has 0 bridgehead atoms. The Morgan fingerprint density at radius 3 is 2.15 bits per heavy atom. The fourth-order valence-electron chi connectivity index (χ4n) is 6.12. The van der Waals surface area contributed by atoms with Crippen LogP contribution in [0.4, 0.5) is 5.69 Å². The molecule has 2 unspecified atom stereocenters. The monoisotopic (exact) mass is 725 g/mol. The van der Waals surface area contributed by atoms with Crippen LogP contribution in [0.5, 0.6) is 46.0 Å². The van der Waals surface area contributed by atoms with Crippen molar-refractivity contribution >= 4 is 17.3 Å². The van der Waals surface area contributed by atoms with Gasteiger partial charge in [-0.3, -0.25) is 4.79 Å². The number of hydrogen-bond donors (Lipinski definition) is 2. The molecular weight excluding hydrogens is 682 g/mol. The molecule has 13 heteroatoms. The van der Waals surface area contributed by atoms with Crippen LogP contribution in [-0.2, 0) is 4.84 Å². The first-order valence-electron chi connectivity index (χ1n) is 16.9. The molecule has 4 aromatic rings. The molecule has 1 amide bonds. The highest BCUT2D eigenvalue weighted by atomic mass is 16.6. The summed E-state index contributed by atoms with van der Waals surface area (Å²) in [5.74, 6) is 4.73. The number of methoxy groups -OCH3 is 6. The van der Waals surface area contributed by atoms with Gasteiger partial charge in [0.1, 0.15) is 11.9 Å². The molecule has 2 N–H and O–H groups in total. The first-order valence-corrected chi connectivity index (χ1v) is 16.9. The van der Waals surface area contributed by atoms with Gasteiger partial charge in [0.15, 0.2) is 40.6 Å². The number of carbonyl (C=O) groups is 1. The van der Waals surface area contributed by atoms with Gasteiger partial charge < -0.3 is 53.4 Å². The predicted octanol–water partition coefficient (Wildman–Crippen LogP) is 7.21. The number of oxime groups is 1. The summed E-state index contributed by atoms with van der Waals surface area (Å²) in [5, 5.41) is 10.7. The normalized spacial score (nSPS) is 15.8. The van der Waals surface area contributed by atoms with Crippen LogP contribution in [0, 0.1) is 0 Å². The van der Waals surface area contributed by atoms with E-state index in [0.717, 1.165) is 22.4 Å². The lowest BCUT2D eigenvalue weighted by atomic mass is 9.99. The van der Waals surface area contributed by atoms with Crippen molar-refractivity contribution in [3.05, 3.63) is 101 Å². The maximum absolute atomic E-state index is 12.8. The van der Waals surface area contributed by atoms with E-state index in [1.165, 1.54) is 0 Å². The van der Waals surface area contributed by atoms with Gasteiger partial charge in [0.2, 0.25) is 5.75 Å². The van der Waals surface area contributed by atoms with Gasteiger partial charge in [0, 0.05) is 24.1 Å². The average molecular weight is 726 g/mol. The third-order valence-corrected chi connectivity index (χ3v) is 8.91. The van der Waals surface area contributed by atoms with E-state index < -0.39 is 6.17 Å². The fourth-order valence-corrected chi connectivity index (χ4v) is 6.12. The van der Waals surface area contributed by atoms with E-state index in [9.17, 15) is 4.79 Å². The second-order valence-corrected chi connectivity index (χ2v) is 12.1. The Balaban J connectivity index is 1.03. The average Bonchev–Trinajstić information content (AvgIpc) is 3.69. The first kappa shape index (κ1) is 36.5. The van der Waals surface area contributed by atoms with Gasteiger partial charge in [-0.1, -0.05) is 23.9 Å². The topological polar surface area (TPSA) is 137 Å². The second kappa shape index (κ2) is 16.4. The summed E-state index contributed by atoms with van der Waals surface area (Å²) in [4.78, 5) is 18.7. The molecule has 0 fully saturated rings. The van der Waals surface area contributed by atoms with E-state index in [4.69, 9.17) is 42.7 Å². The van der Waals surface area contributed by atoms with Crippen molar-refractivity contribution in [3.63, 3.8) is 0 Å². The molecule has 0 saturated heterocycles. The molecule has 0 aliphatic carbocycles. The molecule has 2 heterocycles. The molecule has 4 aromatic carbocycles. The van der Waals surface area contributed by atoms with Crippen LogP contribution in [0.15, 0.2) is 84.2 Å². The van der Waals surface area contributed by atoms with Crippen molar-refractivity contribution in [2.24, 2.45) is 5.16 Å². The lowest BCUT2D eigenvalue weighted by Gasteiger charge is -2.28. The largest absolute Gasteiger partial charge is 0.497 e. The number of carbonyl (C=O) groups excluding carboxylic acids is 1. The van der Waals surface area contributed by atoms with Crippen molar-refractivity contribution in [2.45, 2.75) is 31.5 Å². The molecule has 0 radical (unpaired) electrons. The van der Waals surface area contributed by atoms with Crippen molar-refractivity contribution in [1.29, 1.82) is 0 Å². The molecule has 2 aliphatic rings. The molecule has 278 valence electrons. The lowest BCUT2D eigenvalue weighted by molar-refractivity contribution is 0.0855. The zero-order valence-electron chi connectivity index (χ0n) is 30.6. The van der Waals surface area contributed by atoms with Crippen molar-refractivity contribution < 1.29 is 47.5 Å². The van der Waals surface area contributed by atoms with E-state index in [2.05, 4.69) is 22.4 Å². The Morgan fingerprint density at radius 1 is 0.755 bits per heavy atom. The number of anilines is 1. The summed E-state index contributed by atoms with van der Waals surface area (Å²) in [5.41, 5.74) is 4.46. The number of amides is 1. The SMILES string of the molecule is C=C(CCCOc1ccc(C2NC(=O)c3cc(OC)ccc3N2)cc1OC)Oc1cc(C2CC(c3cc(OC)c(OC)c(OC)c3)=NO2)ccc1OC. The Labute approximate surface area is 308 Å². The van der Waals surface area contributed by atoms with Crippen molar-refractivity contribution in [2.75, 3.05) is 54.6 Å². The standard InChI is InChI=1S/C40H43N3O10/c1-23(9-8-16-51-32-15-11-25(18-34(32)47-4)39-41-29-13-12-27(45-2)21-28(29)40(44)42-39)52-35-17-24(10-14-31(35)46-3)33-22-30(43-53-33)26-19-36(48-5)38(50-7)37(20-26)49-6/h10-15,17-21,33,39,41H,1,8-9,16,22H2,2-7H3,(H,42,44). The molecule has 0 spiro atoms. The summed E-state index contributed by atoms with van der Waals surface area (Å²) in [7, 11) is 9.44. The minimum atomic E-state index is -0.446. The molecule has 13 nitrogen and oxygen atoms in total. The molecule has 2 atom stereocenters. The van der Waals surface area contributed by atoms with E-state index >= 15 is 0 Å². The minimum Gasteiger partial charge on any atom is -0.497 e. The van der Waals surface area contributed by atoms with Crippen LogP contribution < -0.4 is 48.5 Å². The maximum Gasteiger partial charge on any atom is 0.255 e. The van der Waals surface area contributed by atoms with E-state index in [0.29, 0.717) is 88.9 Å². The number of rotatable bonds is 16. The number of nitrogens with zero attached hydrogens (tertiary/aromatic N) is 1. The molecule has 2 aliphatic heterocycles. The summed E-state index contributed by atoms with van der Waals surface area (Å²) >= 11 is 0. The van der Waals surface area contributed by atoms with Crippen LogP contribution in [0.3, 0.4) is 0 Å². The quantitative estimate of drug-likeness (QED) is 0.0896. The Morgan fingerprint density at radius 2 is 1.45 bits per heavy atom. The van der Waals surface area contributed by atoms with Gasteiger partial charge in [-0.05, 0) is 72.1 Å². The summed E-state index contributed by atoms with van der Waals surface area (Å²) in [6, 6.07) is 20.2. The number of ether oxygens (including phenoxy) is 8. The Bertz CT molecular complexity index is 1990. The molecule has 53 heavy (non-hydrogen) atoms. The van der Waals surface area contributed by atoms with Crippen molar-refractivity contribution in [3.8, 4) is 46.0 Å². The number of fused-ring (bicyclic) bond motifs is 1. The fraction of sp³-hybridized carbons (Fsp3) is 0.300. The number of hydrogen-bond acceptors (Lipinski definition) is 12. The Hall–Kier alpha value is -6.24. The Kier molecular flexibility index (Phi) is 11.3. The van der Waals surface area contributed by atoms with Crippen LogP contribution >= 0.6 is 0 Å². The molecular formula is C40H43N3O10. The predicted molar refractivity (Wildman–Crippen MR) is 198 cm³/mol. The minimum absolute atomic E-state index is 0.198. The number of benzene rings is 4. The smallest absolute Gasteiger partial charge is 0.255 e. The zero-order valence-corrected chi connectivity index (χ0v) is 30.6. The van der Waals surface area contributed by atoms with Gasteiger partial charge in [0.25, 0.3) is 5.91 Å². The van der Waals surface area contributed by atoms with Gasteiger partial charge in [-0.15, -0.1) is 0 Å². The van der Waals surface area contributed by atoms with Crippen LogP contribution in [0.25, 0.3) is 0 Å². The van der Waals surface area contributed by atoms with Crippen LogP contribution in [0.2, 0.25) is 0 Å². The van der Waals surface area contributed by atoms with E-state index in [-0.39, 0.29) is 12.0 Å². The van der Waals surface area contributed by atoms with Crippen molar-refractivity contribution in [1.82, 2.24) is 5.32 Å². The number of nitrogens with one attached hydrogen (secondary N) is 2. The summed E-state index contributed by atoms with van der Waals surface area (Å²) < 4.78 is 45.2. The lowest BCUT2D eigenvalue weighted by Crippen LogP contribution is -2.38.